The number of furan rings is 1. The van der Waals surface area contributed by atoms with Gasteiger partial charge in [-0.05, 0) is 33.6 Å². The lowest BCUT2D eigenvalue weighted by Gasteiger charge is -2.25. The van der Waals surface area contributed by atoms with E-state index < -0.39 is 5.60 Å². The Morgan fingerprint density at radius 1 is 1.22 bits per heavy atom. The van der Waals surface area contributed by atoms with Gasteiger partial charge in [0, 0.05) is 12.1 Å². The third kappa shape index (κ3) is 2.93. The smallest absolute Gasteiger partial charge is 0.255 e. The molecule has 0 aliphatic carbocycles. The molecule has 1 heterocycles. The Morgan fingerprint density at radius 3 is 2.17 bits per heavy atom. The van der Waals surface area contributed by atoms with E-state index in [1.165, 1.54) is 0 Å². The van der Waals surface area contributed by atoms with Gasteiger partial charge in [0.25, 0.3) is 5.91 Å². The average molecular weight is 253 g/mol. The van der Waals surface area contributed by atoms with Crippen molar-refractivity contribution in [3.8, 4) is 0 Å². The van der Waals surface area contributed by atoms with Crippen LogP contribution in [0.15, 0.2) is 4.42 Å². The molecule has 102 valence electrons. The van der Waals surface area contributed by atoms with Crippen LogP contribution in [-0.2, 0) is 0 Å². The Bertz CT molecular complexity index is 430. The van der Waals surface area contributed by atoms with Crippen molar-refractivity contribution in [3.63, 3.8) is 0 Å². The maximum Gasteiger partial charge on any atom is 0.255 e. The van der Waals surface area contributed by atoms with Crippen LogP contribution in [0.2, 0.25) is 0 Å². The van der Waals surface area contributed by atoms with Crippen molar-refractivity contribution in [2.75, 3.05) is 6.54 Å². The molecule has 0 aliphatic heterocycles. The van der Waals surface area contributed by atoms with Gasteiger partial charge in [-0.25, -0.2) is 0 Å². The largest absolute Gasteiger partial charge is 0.466 e. The van der Waals surface area contributed by atoms with Crippen LogP contribution in [0.25, 0.3) is 0 Å². The van der Waals surface area contributed by atoms with Crippen LogP contribution < -0.4 is 5.32 Å². The van der Waals surface area contributed by atoms with Gasteiger partial charge in [-0.15, -0.1) is 0 Å². The molecule has 4 heteroatoms. The van der Waals surface area contributed by atoms with Crippen molar-refractivity contribution < 1.29 is 14.3 Å². The molecule has 18 heavy (non-hydrogen) atoms. The van der Waals surface area contributed by atoms with Gasteiger partial charge in [-0.2, -0.15) is 0 Å². The summed E-state index contributed by atoms with van der Waals surface area (Å²) in [6.07, 6.45) is 1.23. The lowest BCUT2D eigenvalue weighted by atomic mass is 9.97. The first-order valence-corrected chi connectivity index (χ1v) is 6.41. The highest BCUT2D eigenvalue weighted by Gasteiger charge is 2.25. The summed E-state index contributed by atoms with van der Waals surface area (Å²) in [7, 11) is 0. The Labute approximate surface area is 108 Å². The normalized spacial score (nSPS) is 11.7. The maximum atomic E-state index is 12.1. The number of carbonyl (C=O) groups is 1. The molecule has 0 spiro atoms. The first-order valence-electron chi connectivity index (χ1n) is 6.41. The molecule has 0 aromatic carbocycles. The summed E-state index contributed by atoms with van der Waals surface area (Å²) in [4.78, 5) is 12.1. The highest BCUT2D eigenvalue weighted by molar-refractivity contribution is 5.96. The third-order valence-electron chi connectivity index (χ3n) is 3.68. The minimum atomic E-state index is -0.823. The van der Waals surface area contributed by atoms with Crippen LogP contribution >= 0.6 is 0 Å². The van der Waals surface area contributed by atoms with E-state index in [0.29, 0.717) is 24.2 Å². The van der Waals surface area contributed by atoms with Crippen molar-refractivity contribution in [2.24, 2.45) is 0 Å². The Hall–Kier alpha value is -1.29. The zero-order valence-electron chi connectivity index (χ0n) is 11.9. The van der Waals surface area contributed by atoms with E-state index in [0.717, 1.165) is 11.3 Å². The fraction of sp³-hybridized carbons (Fsp3) is 0.643. The molecule has 1 rings (SSSR count). The molecule has 0 unspecified atom stereocenters. The zero-order valence-corrected chi connectivity index (χ0v) is 11.9. The van der Waals surface area contributed by atoms with Crippen molar-refractivity contribution in [1.82, 2.24) is 5.32 Å². The highest BCUT2D eigenvalue weighted by Crippen LogP contribution is 2.21. The van der Waals surface area contributed by atoms with Crippen LogP contribution in [0, 0.1) is 20.8 Å². The van der Waals surface area contributed by atoms with E-state index in [9.17, 15) is 9.90 Å². The van der Waals surface area contributed by atoms with E-state index in [-0.39, 0.29) is 12.5 Å². The molecule has 2 N–H and O–H groups in total. The molecule has 0 saturated carbocycles. The van der Waals surface area contributed by atoms with E-state index in [2.05, 4.69) is 5.32 Å². The number of nitrogens with one attached hydrogen (secondary N) is 1. The molecular weight excluding hydrogens is 230 g/mol. The van der Waals surface area contributed by atoms with Gasteiger partial charge in [-0.1, -0.05) is 13.8 Å². The van der Waals surface area contributed by atoms with E-state index in [1.807, 2.05) is 27.7 Å². The van der Waals surface area contributed by atoms with Crippen LogP contribution in [0.4, 0.5) is 0 Å². The van der Waals surface area contributed by atoms with Crippen molar-refractivity contribution in [3.05, 3.63) is 22.6 Å². The molecule has 0 atom stereocenters. The number of aryl methyl sites for hydroxylation is 2. The summed E-state index contributed by atoms with van der Waals surface area (Å²) in [6.45, 7) is 9.57. The van der Waals surface area contributed by atoms with Crippen molar-refractivity contribution >= 4 is 5.91 Å². The Morgan fingerprint density at radius 2 is 1.78 bits per heavy atom. The van der Waals surface area contributed by atoms with Gasteiger partial charge >= 0.3 is 0 Å². The zero-order chi connectivity index (χ0) is 13.9. The number of aliphatic hydroxyl groups is 1. The lowest BCUT2D eigenvalue weighted by Crippen LogP contribution is -2.42. The Kier molecular flexibility index (Phi) is 4.57. The van der Waals surface area contributed by atoms with Gasteiger partial charge in [-0.3, -0.25) is 4.79 Å². The van der Waals surface area contributed by atoms with Gasteiger partial charge < -0.3 is 14.8 Å². The maximum absolute atomic E-state index is 12.1. The quantitative estimate of drug-likeness (QED) is 0.847. The summed E-state index contributed by atoms with van der Waals surface area (Å²) >= 11 is 0. The second-order valence-corrected chi connectivity index (χ2v) is 4.83. The van der Waals surface area contributed by atoms with Gasteiger partial charge in [0.1, 0.15) is 11.5 Å². The number of carbonyl (C=O) groups excluding carboxylic acids is 1. The topological polar surface area (TPSA) is 62.5 Å². The predicted octanol–water partition coefficient (Wildman–Crippen LogP) is 2.49. The first-order chi connectivity index (χ1) is 8.34. The lowest BCUT2D eigenvalue weighted by molar-refractivity contribution is 0.0313. The van der Waals surface area contributed by atoms with E-state index in [4.69, 9.17) is 4.42 Å². The summed E-state index contributed by atoms with van der Waals surface area (Å²) in [5.74, 6) is 1.21. The summed E-state index contributed by atoms with van der Waals surface area (Å²) < 4.78 is 5.43. The Balaban J connectivity index is 2.78. The second-order valence-electron chi connectivity index (χ2n) is 4.83. The fourth-order valence-electron chi connectivity index (χ4n) is 1.96. The number of hydrogen-bond acceptors (Lipinski definition) is 3. The number of hydrogen-bond donors (Lipinski definition) is 2. The summed E-state index contributed by atoms with van der Waals surface area (Å²) in [5, 5.41) is 12.9. The van der Waals surface area contributed by atoms with Crippen LogP contribution in [0.1, 0.15) is 54.1 Å². The molecule has 1 aromatic heterocycles. The standard InChI is InChI=1S/C14H23NO3/c1-6-14(17,7-2)8-15-13(16)12-9(3)10(4)18-11(12)5/h17H,6-8H2,1-5H3,(H,15,16). The fourth-order valence-corrected chi connectivity index (χ4v) is 1.96. The average Bonchev–Trinajstić information content (AvgIpc) is 2.60. The minimum Gasteiger partial charge on any atom is -0.466 e. The van der Waals surface area contributed by atoms with Gasteiger partial charge in [0.2, 0.25) is 0 Å². The number of amides is 1. The predicted molar refractivity (Wildman–Crippen MR) is 70.8 cm³/mol. The molecule has 4 nitrogen and oxygen atoms in total. The van der Waals surface area contributed by atoms with Crippen LogP contribution in [-0.4, -0.2) is 23.2 Å². The molecule has 0 aliphatic rings. The minimum absolute atomic E-state index is 0.179. The molecule has 0 radical (unpaired) electrons. The van der Waals surface area contributed by atoms with Crippen molar-refractivity contribution in [1.29, 1.82) is 0 Å². The second kappa shape index (κ2) is 5.57. The SMILES string of the molecule is CCC(O)(CC)CNC(=O)c1c(C)oc(C)c1C. The highest BCUT2D eigenvalue weighted by atomic mass is 16.3. The number of rotatable bonds is 5. The van der Waals surface area contributed by atoms with Crippen LogP contribution in [0.5, 0.6) is 0 Å². The molecule has 1 amide bonds. The third-order valence-corrected chi connectivity index (χ3v) is 3.68. The summed E-state index contributed by atoms with van der Waals surface area (Å²) in [6, 6.07) is 0. The molecule has 0 fully saturated rings. The molecule has 0 saturated heterocycles. The van der Waals surface area contributed by atoms with E-state index >= 15 is 0 Å². The summed E-state index contributed by atoms with van der Waals surface area (Å²) in [5.41, 5.74) is 0.625. The van der Waals surface area contributed by atoms with Gasteiger partial charge in [0.15, 0.2) is 0 Å². The van der Waals surface area contributed by atoms with Crippen molar-refractivity contribution in [2.45, 2.75) is 53.1 Å². The van der Waals surface area contributed by atoms with Crippen LogP contribution in [0.3, 0.4) is 0 Å². The van der Waals surface area contributed by atoms with E-state index in [1.54, 1.807) is 6.92 Å². The monoisotopic (exact) mass is 253 g/mol. The van der Waals surface area contributed by atoms with Gasteiger partial charge in [0.05, 0.1) is 11.2 Å². The molecule has 1 aromatic rings. The molecular formula is C14H23NO3. The molecule has 0 bridgehead atoms. The first kappa shape index (κ1) is 14.8.